The quantitative estimate of drug-likeness (QED) is 0.128. The second-order valence-electron chi connectivity index (χ2n) is 11.0. The van der Waals surface area contributed by atoms with Crippen molar-refractivity contribution in [2.45, 2.75) is 63.0 Å². The van der Waals surface area contributed by atoms with Crippen molar-refractivity contribution in [1.29, 1.82) is 0 Å². The van der Waals surface area contributed by atoms with Crippen LogP contribution in [-0.4, -0.2) is 38.9 Å². The number of nitro groups is 1. The molecular weight excluding hydrogens is 575 g/mol. The lowest BCUT2D eigenvalue weighted by Gasteiger charge is -2.32. The van der Waals surface area contributed by atoms with Crippen LogP contribution in [-0.2, 0) is 23.4 Å². The third-order valence-electron chi connectivity index (χ3n) is 8.14. The Hall–Kier alpha value is -4.58. The number of fused-ring (bicyclic) bond motifs is 7. The van der Waals surface area contributed by atoms with Crippen LogP contribution in [0, 0.1) is 10.1 Å². The van der Waals surface area contributed by atoms with Gasteiger partial charge >= 0.3 is 11.9 Å². The average molecular weight is 606 g/mol. The topological polar surface area (TPSA) is 107 Å². The van der Waals surface area contributed by atoms with E-state index in [-0.39, 0.29) is 24.8 Å². The summed E-state index contributed by atoms with van der Waals surface area (Å²) in [4.78, 5) is 18.5. The molecule has 2 aromatic carbocycles. The molecule has 0 radical (unpaired) electrons. The highest BCUT2D eigenvalue weighted by atomic mass is 19.4. The minimum Gasteiger partial charge on any atom is -0.415 e. The van der Waals surface area contributed by atoms with Crippen molar-refractivity contribution in [3.63, 3.8) is 0 Å². The van der Waals surface area contributed by atoms with Gasteiger partial charge < -0.3 is 14.1 Å². The van der Waals surface area contributed by atoms with Crippen LogP contribution < -0.4 is 4.90 Å². The van der Waals surface area contributed by atoms with Crippen LogP contribution in [0.3, 0.4) is 0 Å². The monoisotopic (exact) mass is 605 g/mol. The Kier molecular flexibility index (Phi) is 8.17. The van der Waals surface area contributed by atoms with Crippen molar-refractivity contribution < 1.29 is 27.2 Å². The smallest absolute Gasteiger partial charge is 0.415 e. The van der Waals surface area contributed by atoms with Crippen LogP contribution >= 0.6 is 0 Å². The van der Waals surface area contributed by atoms with Crippen molar-refractivity contribution in [1.82, 2.24) is 15.2 Å². The van der Waals surface area contributed by atoms with Crippen LogP contribution in [0.1, 0.15) is 54.7 Å². The van der Waals surface area contributed by atoms with Gasteiger partial charge in [0.15, 0.2) is 0 Å². The molecule has 4 aromatic rings. The van der Waals surface area contributed by atoms with Gasteiger partial charge in [0.05, 0.1) is 11.5 Å². The molecule has 2 aromatic heterocycles. The summed E-state index contributed by atoms with van der Waals surface area (Å²) in [6.07, 6.45) is 0.870. The molecule has 4 bridgehead atoms. The zero-order chi connectivity index (χ0) is 30.7. The van der Waals surface area contributed by atoms with Crippen molar-refractivity contribution in [3.05, 3.63) is 112 Å². The standard InChI is InChI=1S/C32H30F3N5O4/c33-32(34,35)31(43-21-23-13-6-2-7-14-23)17-9-3-8-15-25-16-10-18-39(25)28-24(19-22-11-4-1-5-12-22)20-26(40(41)42)27(36-28)29-37-38-30(31)44-29/h1-8,11-14,20,25H,9-10,15-19,21H2. The molecule has 6 rings (SSSR count). The molecule has 0 saturated carbocycles. The summed E-state index contributed by atoms with van der Waals surface area (Å²) in [5, 5.41) is 20.0. The van der Waals surface area contributed by atoms with Crippen LogP contribution in [0.2, 0.25) is 0 Å². The number of rotatable bonds is 6. The van der Waals surface area contributed by atoms with Gasteiger partial charge in [-0.1, -0.05) is 72.8 Å². The fraction of sp³-hybridized carbons (Fsp3) is 0.344. The number of ether oxygens (including phenoxy) is 1. The number of allylic oxidation sites excluding steroid dienone is 1. The summed E-state index contributed by atoms with van der Waals surface area (Å²) in [5.41, 5.74) is -1.56. The highest BCUT2D eigenvalue weighted by molar-refractivity contribution is 5.68. The lowest BCUT2D eigenvalue weighted by Crippen LogP contribution is -2.45. The molecule has 9 nitrogen and oxygen atoms in total. The number of pyridine rings is 1. The maximum atomic E-state index is 15.0. The first-order valence-corrected chi connectivity index (χ1v) is 14.5. The number of halogens is 3. The molecule has 2 aliphatic rings. The highest BCUT2D eigenvalue weighted by Gasteiger charge is 2.61. The maximum absolute atomic E-state index is 15.0. The second kappa shape index (κ2) is 12.2. The van der Waals surface area contributed by atoms with E-state index in [0.29, 0.717) is 36.3 Å². The van der Waals surface area contributed by atoms with Crippen LogP contribution in [0.15, 0.2) is 83.3 Å². The molecule has 228 valence electrons. The van der Waals surface area contributed by atoms with E-state index in [1.165, 1.54) is 6.07 Å². The Bertz CT molecular complexity index is 1640. The first-order chi connectivity index (χ1) is 21.2. The summed E-state index contributed by atoms with van der Waals surface area (Å²) < 4.78 is 56.3. The second-order valence-corrected chi connectivity index (χ2v) is 11.0. The Morgan fingerprint density at radius 2 is 1.77 bits per heavy atom. The van der Waals surface area contributed by atoms with Gasteiger partial charge in [-0.05, 0) is 43.2 Å². The predicted octanol–water partition coefficient (Wildman–Crippen LogP) is 7.31. The van der Waals surface area contributed by atoms with Crippen LogP contribution in [0.5, 0.6) is 0 Å². The van der Waals surface area contributed by atoms with Crippen LogP contribution in [0.4, 0.5) is 24.7 Å². The number of aromatic nitrogens is 3. The van der Waals surface area contributed by atoms with Gasteiger partial charge in [0.1, 0.15) is 5.82 Å². The van der Waals surface area contributed by atoms with Crippen molar-refractivity contribution in [3.8, 4) is 11.6 Å². The number of anilines is 1. The first-order valence-electron chi connectivity index (χ1n) is 14.5. The molecule has 44 heavy (non-hydrogen) atoms. The first kappa shape index (κ1) is 29.5. The van der Waals surface area contributed by atoms with E-state index in [0.717, 1.165) is 18.4 Å². The summed E-state index contributed by atoms with van der Waals surface area (Å²) in [6.45, 7) is 0.319. The van der Waals surface area contributed by atoms with Crippen molar-refractivity contribution >= 4 is 11.5 Å². The fourth-order valence-corrected chi connectivity index (χ4v) is 5.89. The fourth-order valence-electron chi connectivity index (χ4n) is 5.89. The number of alkyl halides is 3. The Morgan fingerprint density at radius 3 is 2.48 bits per heavy atom. The molecular formula is C32H30F3N5O4. The number of benzene rings is 2. The van der Waals surface area contributed by atoms with Crippen LogP contribution in [0.25, 0.3) is 11.6 Å². The lowest BCUT2D eigenvalue weighted by molar-refractivity contribution is -0.384. The molecule has 1 saturated heterocycles. The predicted molar refractivity (Wildman–Crippen MR) is 156 cm³/mol. The van der Waals surface area contributed by atoms with E-state index in [1.807, 2.05) is 36.4 Å². The molecule has 2 unspecified atom stereocenters. The van der Waals surface area contributed by atoms with E-state index < -0.39 is 40.6 Å². The molecule has 1 fully saturated rings. The van der Waals surface area contributed by atoms with Gasteiger partial charge in [0.2, 0.25) is 11.3 Å². The van der Waals surface area contributed by atoms with Crippen molar-refractivity contribution in [2.75, 3.05) is 11.4 Å². The van der Waals surface area contributed by atoms with Gasteiger partial charge in [-0.15, -0.1) is 10.2 Å². The Balaban J connectivity index is 1.51. The van der Waals surface area contributed by atoms with Gasteiger partial charge in [0.25, 0.3) is 11.8 Å². The van der Waals surface area contributed by atoms with E-state index >= 15 is 0 Å². The lowest BCUT2D eigenvalue weighted by atomic mass is 9.95. The SMILES string of the molecule is O=[N+]([O-])c1cc(Cc2ccccc2)c2nc1-c1nnc(o1)C(OCc1ccccc1)(C(F)(F)F)CCC=CCC1CCCN21. The summed E-state index contributed by atoms with van der Waals surface area (Å²) in [7, 11) is 0. The average Bonchev–Trinajstić information content (AvgIpc) is 3.69. The summed E-state index contributed by atoms with van der Waals surface area (Å²) >= 11 is 0. The molecule has 0 N–H and O–H groups in total. The minimum atomic E-state index is -4.94. The molecule has 2 aliphatic heterocycles. The summed E-state index contributed by atoms with van der Waals surface area (Å²) in [5.74, 6) is -0.782. The normalized spacial score (nSPS) is 20.2. The van der Waals surface area contributed by atoms with E-state index in [9.17, 15) is 23.3 Å². The summed E-state index contributed by atoms with van der Waals surface area (Å²) in [6, 6.07) is 19.4. The van der Waals surface area contributed by atoms with Crippen molar-refractivity contribution in [2.24, 2.45) is 0 Å². The molecule has 4 heterocycles. The Labute approximate surface area is 251 Å². The zero-order valence-corrected chi connectivity index (χ0v) is 23.7. The van der Waals surface area contributed by atoms with Gasteiger partial charge in [0, 0.05) is 30.6 Å². The maximum Gasteiger partial charge on any atom is 0.426 e. The van der Waals surface area contributed by atoms with E-state index in [1.54, 1.807) is 36.4 Å². The largest absolute Gasteiger partial charge is 0.426 e. The zero-order valence-electron chi connectivity index (χ0n) is 23.7. The van der Waals surface area contributed by atoms with E-state index in [4.69, 9.17) is 14.1 Å². The number of hydrogen-bond acceptors (Lipinski definition) is 8. The van der Waals surface area contributed by atoms with Gasteiger partial charge in [-0.25, -0.2) is 4.98 Å². The molecule has 12 heteroatoms. The molecule has 0 spiro atoms. The van der Waals surface area contributed by atoms with Gasteiger partial charge in [-0.2, -0.15) is 13.2 Å². The third-order valence-corrected chi connectivity index (χ3v) is 8.14. The highest BCUT2D eigenvalue weighted by Crippen LogP contribution is 2.47. The Morgan fingerprint density at radius 1 is 1.05 bits per heavy atom. The molecule has 0 amide bonds. The van der Waals surface area contributed by atoms with Gasteiger partial charge in [-0.3, -0.25) is 10.1 Å². The number of hydrogen-bond donors (Lipinski definition) is 0. The van der Waals surface area contributed by atoms with E-state index in [2.05, 4.69) is 15.1 Å². The number of nitrogens with zero attached hydrogens (tertiary/aromatic N) is 5. The molecule has 2 atom stereocenters. The third kappa shape index (κ3) is 5.81. The molecule has 0 aliphatic carbocycles. The minimum absolute atomic E-state index is 0.0190.